The van der Waals surface area contributed by atoms with Crippen LogP contribution in [0.5, 0.6) is 5.75 Å². The first-order chi connectivity index (χ1) is 13.3. The summed E-state index contributed by atoms with van der Waals surface area (Å²) in [6.07, 6.45) is 4.41. The largest absolute Gasteiger partial charge is 0.492 e. The Kier molecular flexibility index (Phi) is 7.16. The Bertz CT molecular complexity index is 750. The first-order valence-electron chi connectivity index (χ1n) is 9.54. The van der Waals surface area contributed by atoms with E-state index < -0.39 is 0 Å². The van der Waals surface area contributed by atoms with Crippen molar-refractivity contribution in [3.8, 4) is 5.75 Å². The summed E-state index contributed by atoms with van der Waals surface area (Å²) in [5.74, 6) is 1.69. The molecule has 2 aromatic rings. The molecule has 0 fully saturated rings. The second-order valence-corrected chi connectivity index (χ2v) is 6.33. The molecule has 0 saturated heterocycles. The van der Waals surface area contributed by atoms with Gasteiger partial charge < -0.3 is 20.3 Å². The standard InChI is InChI=1S/C22H28N4O/c1-2-23-22(24-13-16-27-21-11-4-3-5-12-21)25-18-19-9-8-10-20(17-19)26-14-6-7-15-26/h3-12,17H,2,13-16,18H2,1H3,(H2,23,24,25). The van der Waals surface area contributed by atoms with Gasteiger partial charge >= 0.3 is 0 Å². The van der Waals surface area contributed by atoms with Crippen LogP contribution in [0.15, 0.2) is 71.7 Å². The number of aliphatic imine (C=N–C) groups is 1. The molecule has 0 aliphatic carbocycles. The molecule has 0 aromatic heterocycles. The van der Waals surface area contributed by atoms with Crippen LogP contribution in [0.3, 0.4) is 0 Å². The normalized spacial score (nSPS) is 13.7. The van der Waals surface area contributed by atoms with Crippen LogP contribution in [0.1, 0.15) is 12.5 Å². The lowest BCUT2D eigenvalue weighted by molar-refractivity contribution is 0.322. The number of hydrogen-bond donors (Lipinski definition) is 2. The minimum absolute atomic E-state index is 0.589. The molecule has 0 radical (unpaired) electrons. The number of guanidine groups is 1. The highest BCUT2D eigenvalue weighted by molar-refractivity contribution is 5.79. The molecule has 1 aliphatic heterocycles. The van der Waals surface area contributed by atoms with Gasteiger partial charge in [-0.05, 0) is 36.8 Å². The predicted molar refractivity (Wildman–Crippen MR) is 113 cm³/mol. The summed E-state index contributed by atoms with van der Waals surface area (Å²) in [5, 5.41) is 6.61. The highest BCUT2D eigenvalue weighted by Gasteiger charge is 2.07. The summed E-state index contributed by atoms with van der Waals surface area (Å²) >= 11 is 0. The van der Waals surface area contributed by atoms with Gasteiger partial charge in [-0.3, -0.25) is 0 Å². The van der Waals surface area contributed by atoms with Crippen molar-refractivity contribution in [3.05, 3.63) is 72.3 Å². The van der Waals surface area contributed by atoms with E-state index in [9.17, 15) is 0 Å². The maximum atomic E-state index is 5.71. The molecule has 5 heteroatoms. The van der Waals surface area contributed by atoms with Gasteiger partial charge in [0.05, 0.1) is 13.1 Å². The number of nitrogens with zero attached hydrogens (tertiary/aromatic N) is 2. The van der Waals surface area contributed by atoms with E-state index in [4.69, 9.17) is 9.73 Å². The zero-order valence-electron chi connectivity index (χ0n) is 15.9. The van der Waals surface area contributed by atoms with E-state index in [0.29, 0.717) is 19.7 Å². The summed E-state index contributed by atoms with van der Waals surface area (Å²) in [7, 11) is 0. The van der Waals surface area contributed by atoms with Crippen molar-refractivity contribution in [2.24, 2.45) is 4.99 Å². The highest BCUT2D eigenvalue weighted by Crippen LogP contribution is 2.18. The Balaban J connectivity index is 1.50. The molecule has 1 heterocycles. The number of para-hydroxylation sites is 1. The molecular formula is C22H28N4O. The van der Waals surface area contributed by atoms with Gasteiger partial charge in [-0.2, -0.15) is 0 Å². The fraction of sp³-hybridized carbons (Fsp3) is 0.318. The van der Waals surface area contributed by atoms with Crippen molar-refractivity contribution in [2.75, 3.05) is 37.7 Å². The summed E-state index contributed by atoms with van der Waals surface area (Å²) in [4.78, 5) is 7.05. The number of rotatable bonds is 8. The molecule has 3 rings (SSSR count). The van der Waals surface area contributed by atoms with Crippen LogP contribution in [0, 0.1) is 0 Å². The third-order valence-electron chi connectivity index (χ3n) is 4.26. The van der Waals surface area contributed by atoms with Crippen molar-refractivity contribution in [1.82, 2.24) is 10.6 Å². The molecule has 1 aliphatic rings. The van der Waals surface area contributed by atoms with E-state index in [1.54, 1.807) is 0 Å². The molecule has 0 unspecified atom stereocenters. The average Bonchev–Trinajstić information content (AvgIpc) is 3.25. The lowest BCUT2D eigenvalue weighted by Gasteiger charge is -2.18. The Hall–Kier alpha value is -2.95. The number of anilines is 1. The van der Waals surface area contributed by atoms with Crippen LogP contribution in [0.2, 0.25) is 0 Å². The molecule has 0 bridgehead atoms. The molecular weight excluding hydrogens is 336 g/mol. The van der Waals surface area contributed by atoms with Crippen LogP contribution in [-0.4, -0.2) is 38.7 Å². The topological polar surface area (TPSA) is 48.9 Å². The number of hydrogen-bond acceptors (Lipinski definition) is 3. The fourth-order valence-corrected chi connectivity index (χ4v) is 2.91. The van der Waals surface area contributed by atoms with Gasteiger partial charge in [0.25, 0.3) is 0 Å². The molecule has 5 nitrogen and oxygen atoms in total. The first-order valence-corrected chi connectivity index (χ1v) is 9.54. The van der Waals surface area contributed by atoms with E-state index >= 15 is 0 Å². The van der Waals surface area contributed by atoms with E-state index in [-0.39, 0.29) is 0 Å². The van der Waals surface area contributed by atoms with Crippen molar-refractivity contribution in [2.45, 2.75) is 13.5 Å². The average molecular weight is 364 g/mol. The molecule has 2 N–H and O–H groups in total. The molecule has 142 valence electrons. The van der Waals surface area contributed by atoms with E-state index in [1.807, 2.05) is 30.3 Å². The zero-order chi connectivity index (χ0) is 18.7. The second kappa shape index (κ2) is 10.3. The number of benzene rings is 2. The van der Waals surface area contributed by atoms with Crippen LogP contribution in [-0.2, 0) is 6.54 Å². The molecule has 0 spiro atoms. The maximum absolute atomic E-state index is 5.71. The Morgan fingerprint density at radius 1 is 1.04 bits per heavy atom. The van der Waals surface area contributed by atoms with Gasteiger partial charge in [0, 0.05) is 25.3 Å². The minimum atomic E-state index is 0.589. The maximum Gasteiger partial charge on any atom is 0.191 e. The molecule has 27 heavy (non-hydrogen) atoms. The van der Waals surface area contributed by atoms with Crippen molar-refractivity contribution in [1.29, 1.82) is 0 Å². The fourth-order valence-electron chi connectivity index (χ4n) is 2.91. The van der Waals surface area contributed by atoms with Gasteiger partial charge in [-0.25, -0.2) is 4.99 Å². The van der Waals surface area contributed by atoms with E-state index in [2.05, 4.69) is 58.9 Å². The SMILES string of the molecule is CCNC(=NCc1cccc(N2CC=CC2)c1)NCCOc1ccccc1. The van der Waals surface area contributed by atoms with Crippen LogP contribution in [0.4, 0.5) is 5.69 Å². The third kappa shape index (κ3) is 6.06. The summed E-state index contributed by atoms with van der Waals surface area (Å²) in [6, 6.07) is 18.5. The second-order valence-electron chi connectivity index (χ2n) is 6.33. The lowest BCUT2D eigenvalue weighted by atomic mass is 10.2. The van der Waals surface area contributed by atoms with Gasteiger partial charge in [0.1, 0.15) is 12.4 Å². The number of nitrogens with one attached hydrogen (secondary N) is 2. The van der Waals surface area contributed by atoms with Crippen LogP contribution < -0.4 is 20.3 Å². The van der Waals surface area contributed by atoms with Gasteiger partial charge in [0.15, 0.2) is 5.96 Å². The predicted octanol–water partition coefficient (Wildman–Crippen LogP) is 3.20. The van der Waals surface area contributed by atoms with Crippen molar-refractivity contribution in [3.63, 3.8) is 0 Å². The van der Waals surface area contributed by atoms with E-state index in [1.165, 1.54) is 11.3 Å². The summed E-state index contributed by atoms with van der Waals surface area (Å²) in [5.41, 5.74) is 2.46. The minimum Gasteiger partial charge on any atom is -0.492 e. The molecule has 0 amide bonds. The number of ether oxygens (including phenoxy) is 1. The monoisotopic (exact) mass is 364 g/mol. The Labute approximate surface area is 161 Å². The lowest BCUT2D eigenvalue weighted by Crippen LogP contribution is -2.39. The van der Waals surface area contributed by atoms with Gasteiger partial charge in [0.2, 0.25) is 0 Å². The third-order valence-corrected chi connectivity index (χ3v) is 4.26. The quantitative estimate of drug-likeness (QED) is 0.327. The Morgan fingerprint density at radius 3 is 2.63 bits per heavy atom. The smallest absolute Gasteiger partial charge is 0.191 e. The van der Waals surface area contributed by atoms with Crippen LogP contribution >= 0.6 is 0 Å². The highest BCUT2D eigenvalue weighted by atomic mass is 16.5. The van der Waals surface area contributed by atoms with Gasteiger partial charge in [-0.1, -0.05) is 42.5 Å². The first kappa shape index (κ1) is 18.8. The zero-order valence-corrected chi connectivity index (χ0v) is 15.9. The summed E-state index contributed by atoms with van der Waals surface area (Å²) < 4.78 is 5.71. The summed E-state index contributed by atoms with van der Waals surface area (Å²) in [6.45, 7) is 6.79. The molecule has 2 aromatic carbocycles. The Morgan fingerprint density at radius 2 is 1.85 bits per heavy atom. The van der Waals surface area contributed by atoms with Crippen molar-refractivity contribution >= 4 is 11.6 Å². The van der Waals surface area contributed by atoms with Crippen LogP contribution in [0.25, 0.3) is 0 Å². The van der Waals surface area contributed by atoms with Gasteiger partial charge in [-0.15, -0.1) is 0 Å². The molecule has 0 atom stereocenters. The van der Waals surface area contributed by atoms with E-state index in [0.717, 1.165) is 31.3 Å². The van der Waals surface area contributed by atoms with Crippen molar-refractivity contribution < 1.29 is 4.74 Å². The molecule has 0 saturated carbocycles.